The van der Waals surface area contributed by atoms with Crippen LogP contribution in [0.2, 0.25) is 0 Å². The molecule has 1 amide bonds. The summed E-state index contributed by atoms with van der Waals surface area (Å²) < 4.78 is 0. The molecule has 2 atom stereocenters. The summed E-state index contributed by atoms with van der Waals surface area (Å²) in [7, 11) is 0. The first kappa shape index (κ1) is 14.8. The predicted molar refractivity (Wildman–Crippen MR) is 79.9 cm³/mol. The van der Waals surface area contributed by atoms with Crippen LogP contribution >= 0.6 is 23.7 Å². The summed E-state index contributed by atoms with van der Waals surface area (Å²) in [4.78, 5) is 16.6. The number of aromatic nitrogens is 1. The van der Waals surface area contributed by atoms with E-state index in [0.29, 0.717) is 5.92 Å². The number of carbonyl (C=O) groups is 1. The lowest BCUT2D eigenvalue weighted by Gasteiger charge is -2.25. The molecule has 1 heterocycles. The Morgan fingerprint density at radius 3 is 2.84 bits per heavy atom. The van der Waals surface area contributed by atoms with Crippen molar-refractivity contribution in [1.82, 2.24) is 4.98 Å². The maximum absolute atomic E-state index is 12.1. The van der Waals surface area contributed by atoms with Crippen molar-refractivity contribution in [2.45, 2.75) is 50.5 Å². The summed E-state index contributed by atoms with van der Waals surface area (Å²) in [5.41, 5.74) is 7.06. The standard InChI is InChI=1S/C13H19N3OS.ClH/c14-10-3-1-2-9(6-10)12(17)16-13-15-11(7-18-13)8-4-5-8;/h7-10H,1-6,14H2,(H,15,16,17);1H. The molecule has 6 heteroatoms. The summed E-state index contributed by atoms with van der Waals surface area (Å²) in [6.07, 6.45) is 6.37. The molecule has 2 aliphatic rings. The monoisotopic (exact) mass is 301 g/mol. The Hall–Kier alpha value is -0.650. The molecule has 2 saturated carbocycles. The highest BCUT2D eigenvalue weighted by Crippen LogP contribution is 2.41. The average Bonchev–Trinajstić information content (AvgIpc) is 3.11. The number of hydrogen-bond donors (Lipinski definition) is 2. The van der Waals surface area contributed by atoms with Crippen LogP contribution < -0.4 is 11.1 Å². The van der Waals surface area contributed by atoms with Gasteiger partial charge in [0.1, 0.15) is 0 Å². The summed E-state index contributed by atoms with van der Waals surface area (Å²) in [5.74, 6) is 0.818. The fourth-order valence-electron chi connectivity index (χ4n) is 2.58. The molecule has 1 aromatic heterocycles. The molecule has 2 unspecified atom stereocenters. The van der Waals surface area contributed by atoms with Crippen LogP contribution in [0.15, 0.2) is 5.38 Å². The third-order valence-corrected chi connectivity index (χ3v) is 4.61. The average molecular weight is 302 g/mol. The normalized spacial score (nSPS) is 26.6. The van der Waals surface area contributed by atoms with Gasteiger partial charge in [0.05, 0.1) is 5.69 Å². The molecule has 3 N–H and O–H groups in total. The molecule has 2 fully saturated rings. The van der Waals surface area contributed by atoms with Crippen LogP contribution in [0.3, 0.4) is 0 Å². The molecule has 0 aromatic carbocycles. The van der Waals surface area contributed by atoms with Gasteiger partial charge in [-0.1, -0.05) is 6.42 Å². The van der Waals surface area contributed by atoms with E-state index in [4.69, 9.17) is 5.73 Å². The van der Waals surface area contributed by atoms with E-state index in [0.717, 1.165) is 36.5 Å². The zero-order valence-corrected chi connectivity index (χ0v) is 12.4. The number of thiazole rings is 1. The highest BCUT2D eigenvalue weighted by atomic mass is 35.5. The Balaban J connectivity index is 0.00000133. The van der Waals surface area contributed by atoms with Gasteiger partial charge in [0, 0.05) is 23.3 Å². The van der Waals surface area contributed by atoms with Crippen LogP contribution in [-0.2, 0) is 4.79 Å². The zero-order valence-electron chi connectivity index (χ0n) is 10.8. The molecule has 0 spiro atoms. The van der Waals surface area contributed by atoms with Crippen LogP contribution in [0.25, 0.3) is 0 Å². The molecule has 3 rings (SSSR count). The second-order valence-corrected chi connectivity index (χ2v) is 6.32. The molecular formula is C13H20ClN3OS. The lowest BCUT2D eigenvalue weighted by molar-refractivity contribution is -0.120. The first-order valence-corrected chi connectivity index (χ1v) is 7.62. The van der Waals surface area contributed by atoms with E-state index < -0.39 is 0 Å². The summed E-state index contributed by atoms with van der Waals surface area (Å²) >= 11 is 1.54. The van der Waals surface area contributed by atoms with E-state index in [-0.39, 0.29) is 30.3 Å². The number of nitrogens with zero attached hydrogens (tertiary/aromatic N) is 1. The Morgan fingerprint density at radius 1 is 1.37 bits per heavy atom. The molecule has 19 heavy (non-hydrogen) atoms. The summed E-state index contributed by atoms with van der Waals surface area (Å²) in [5, 5.41) is 5.77. The number of nitrogens with two attached hydrogens (primary N) is 1. The van der Waals surface area contributed by atoms with Crippen LogP contribution in [0.5, 0.6) is 0 Å². The van der Waals surface area contributed by atoms with Crippen LogP contribution in [0.4, 0.5) is 5.13 Å². The first-order valence-electron chi connectivity index (χ1n) is 6.74. The van der Waals surface area contributed by atoms with E-state index in [9.17, 15) is 4.79 Å². The van der Waals surface area contributed by atoms with E-state index in [2.05, 4.69) is 15.7 Å². The number of rotatable bonds is 3. The van der Waals surface area contributed by atoms with Crippen molar-refractivity contribution in [3.05, 3.63) is 11.1 Å². The number of hydrogen-bond acceptors (Lipinski definition) is 4. The Labute approximate surface area is 123 Å². The number of nitrogens with one attached hydrogen (secondary N) is 1. The van der Waals surface area contributed by atoms with Gasteiger partial charge in [-0.15, -0.1) is 23.7 Å². The van der Waals surface area contributed by atoms with Crippen molar-refractivity contribution in [2.75, 3.05) is 5.32 Å². The van der Waals surface area contributed by atoms with Crippen molar-refractivity contribution < 1.29 is 4.79 Å². The lowest BCUT2D eigenvalue weighted by atomic mass is 9.86. The molecule has 106 valence electrons. The third kappa shape index (κ3) is 3.68. The quantitative estimate of drug-likeness (QED) is 0.902. The third-order valence-electron chi connectivity index (χ3n) is 3.83. The summed E-state index contributed by atoms with van der Waals surface area (Å²) in [6, 6.07) is 0.188. The van der Waals surface area contributed by atoms with Gasteiger partial charge in [0.15, 0.2) is 5.13 Å². The van der Waals surface area contributed by atoms with Crippen molar-refractivity contribution in [2.24, 2.45) is 11.7 Å². The van der Waals surface area contributed by atoms with Crippen molar-refractivity contribution in [3.8, 4) is 0 Å². The minimum Gasteiger partial charge on any atom is -0.328 e. The largest absolute Gasteiger partial charge is 0.328 e. The minimum absolute atomic E-state index is 0. The van der Waals surface area contributed by atoms with Gasteiger partial charge in [-0.25, -0.2) is 4.98 Å². The Morgan fingerprint density at radius 2 is 2.16 bits per heavy atom. The first-order chi connectivity index (χ1) is 8.72. The van der Waals surface area contributed by atoms with Crippen LogP contribution in [0.1, 0.15) is 50.1 Å². The van der Waals surface area contributed by atoms with Gasteiger partial charge in [-0.2, -0.15) is 0 Å². The van der Waals surface area contributed by atoms with Crippen LogP contribution in [0, 0.1) is 5.92 Å². The van der Waals surface area contributed by atoms with Crippen molar-refractivity contribution in [1.29, 1.82) is 0 Å². The highest BCUT2D eigenvalue weighted by molar-refractivity contribution is 7.13. The summed E-state index contributed by atoms with van der Waals surface area (Å²) in [6.45, 7) is 0. The van der Waals surface area contributed by atoms with Crippen molar-refractivity contribution in [3.63, 3.8) is 0 Å². The maximum atomic E-state index is 12.1. The van der Waals surface area contributed by atoms with E-state index in [1.165, 1.54) is 24.2 Å². The predicted octanol–water partition coefficient (Wildman–Crippen LogP) is 2.90. The Kier molecular flexibility index (Phi) is 4.81. The van der Waals surface area contributed by atoms with Gasteiger partial charge in [0.25, 0.3) is 0 Å². The highest BCUT2D eigenvalue weighted by Gasteiger charge is 2.28. The van der Waals surface area contributed by atoms with Gasteiger partial charge in [0.2, 0.25) is 5.91 Å². The maximum Gasteiger partial charge on any atom is 0.229 e. The zero-order chi connectivity index (χ0) is 12.5. The van der Waals surface area contributed by atoms with Gasteiger partial charge >= 0.3 is 0 Å². The SMILES string of the molecule is Cl.NC1CCCC(C(=O)Nc2nc(C3CC3)cs2)C1. The van der Waals surface area contributed by atoms with E-state index in [1.807, 2.05) is 0 Å². The second kappa shape index (κ2) is 6.20. The number of carbonyl (C=O) groups excluding carboxylic acids is 1. The number of amides is 1. The Bertz CT molecular complexity index is 447. The molecule has 1 aromatic rings. The lowest BCUT2D eigenvalue weighted by Crippen LogP contribution is -2.34. The van der Waals surface area contributed by atoms with E-state index in [1.54, 1.807) is 0 Å². The molecule has 0 aliphatic heterocycles. The minimum atomic E-state index is 0. The van der Waals surface area contributed by atoms with Gasteiger partial charge in [-0.05, 0) is 32.1 Å². The number of anilines is 1. The van der Waals surface area contributed by atoms with Gasteiger partial charge < -0.3 is 11.1 Å². The molecule has 4 nitrogen and oxygen atoms in total. The topological polar surface area (TPSA) is 68.0 Å². The molecule has 0 saturated heterocycles. The molecule has 0 radical (unpaired) electrons. The molecule has 2 aliphatic carbocycles. The fraction of sp³-hybridized carbons (Fsp3) is 0.692. The van der Waals surface area contributed by atoms with Crippen LogP contribution in [-0.4, -0.2) is 16.9 Å². The molecular weight excluding hydrogens is 282 g/mol. The fourth-order valence-corrected chi connectivity index (χ4v) is 3.38. The van der Waals surface area contributed by atoms with E-state index >= 15 is 0 Å². The second-order valence-electron chi connectivity index (χ2n) is 5.46. The molecule has 0 bridgehead atoms. The van der Waals surface area contributed by atoms with Crippen molar-refractivity contribution >= 4 is 34.8 Å². The number of halogens is 1. The van der Waals surface area contributed by atoms with Gasteiger partial charge in [-0.3, -0.25) is 4.79 Å². The smallest absolute Gasteiger partial charge is 0.229 e.